The zero-order valence-electron chi connectivity index (χ0n) is 9.36. The van der Waals surface area contributed by atoms with E-state index in [1.54, 1.807) is 7.11 Å². The van der Waals surface area contributed by atoms with E-state index in [4.69, 9.17) is 4.74 Å². The van der Waals surface area contributed by atoms with Gasteiger partial charge in [-0.15, -0.1) is 0 Å². The fourth-order valence-electron chi connectivity index (χ4n) is 2.44. The zero-order valence-corrected chi connectivity index (χ0v) is 9.36. The van der Waals surface area contributed by atoms with Gasteiger partial charge in [0.15, 0.2) is 0 Å². The molecular weight excluding hydrogens is 188 g/mol. The van der Waals surface area contributed by atoms with Crippen molar-refractivity contribution in [3.05, 3.63) is 29.3 Å². The highest BCUT2D eigenvalue weighted by Crippen LogP contribution is 2.35. The fourth-order valence-corrected chi connectivity index (χ4v) is 2.44. The summed E-state index contributed by atoms with van der Waals surface area (Å²) in [5.74, 6) is 1.17. The Morgan fingerprint density at radius 2 is 2.27 bits per heavy atom. The number of ether oxygens (including phenoxy) is 1. The quantitative estimate of drug-likeness (QED) is 0.805. The Hall–Kier alpha value is -1.02. The van der Waals surface area contributed by atoms with Gasteiger partial charge in [-0.1, -0.05) is 6.07 Å². The topological polar surface area (TPSA) is 29.5 Å². The summed E-state index contributed by atoms with van der Waals surface area (Å²) in [6.45, 7) is 1.87. The molecule has 1 N–H and O–H groups in total. The van der Waals surface area contributed by atoms with Crippen molar-refractivity contribution < 1.29 is 9.84 Å². The first-order chi connectivity index (χ1) is 7.22. The summed E-state index contributed by atoms with van der Waals surface area (Å²) < 4.78 is 5.23. The van der Waals surface area contributed by atoms with Crippen LogP contribution >= 0.6 is 0 Å². The van der Waals surface area contributed by atoms with Crippen molar-refractivity contribution in [2.45, 2.75) is 38.2 Å². The van der Waals surface area contributed by atoms with Gasteiger partial charge in [-0.05, 0) is 49.4 Å². The standard InChI is InChI=1S/C13H18O2/c1-9(14)12-5-3-4-10-6-7-11(15-2)8-13(10)12/h6-9,12,14H,3-5H2,1-2H3. The van der Waals surface area contributed by atoms with E-state index in [2.05, 4.69) is 12.1 Å². The molecule has 1 aromatic rings. The molecule has 0 aromatic heterocycles. The van der Waals surface area contributed by atoms with Crippen molar-refractivity contribution in [2.24, 2.45) is 0 Å². The lowest BCUT2D eigenvalue weighted by atomic mass is 9.80. The van der Waals surface area contributed by atoms with Gasteiger partial charge in [0.1, 0.15) is 5.75 Å². The van der Waals surface area contributed by atoms with Gasteiger partial charge >= 0.3 is 0 Å². The number of hydrogen-bond donors (Lipinski definition) is 1. The summed E-state index contributed by atoms with van der Waals surface area (Å²) >= 11 is 0. The number of aryl methyl sites for hydroxylation is 1. The number of rotatable bonds is 2. The van der Waals surface area contributed by atoms with Crippen molar-refractivity contribution in [2.75, 3.05) is 7.11 Å². The maximum absolute atomic E-state index is 9.75. The lowest BCUT2D eigenvalue weighted by Crippen LogP contribution is -2.20. The molecule has 15 heavy (non-hydrogen) atoms. The van der Waals surface area contributed by atoms with Crippen molar-refractivity contribution in [1.29, 1.82) is 0 Å². The van der Waals surface area contributed by atoms with E-state index in [1.165, 1.54) is 17.5 Å². The minimum absolute atomic E-state index is 0.267. The van der Waals surface area contributed by atoms with Gasteiger partial charge in [0.2, 0.25) is 0 Å². The number of benzene rings is 1. The number of methoxy groups -OCH3 is 1. The van der Waals surface area contributed by atoms with E-state index < -0.39 is 0 Å². The van der Waals surface area contributed by atoms with E-state index >= 15 is 0 Å². The van der Waals surface area contributed by atoms with Crippen LogP contribution in [0.15, 0.2) is 18.2 Å². The molecule has 0 amide bonds. The van der Waals surface area contributed by atoms with Crippen molar-refractivity contribution in [1.82, 2.24) is 0 Å². The first-order valence-electron chi connectivity index (χ1n) is 5.57. The lowest BCUT2D eigenvalue weighted by Gasteiger charge is -2.28. The SMILES string of the molecule is COc1ccc2c(c1)C(C(C)O)CCC2. The average molecular weight is 206 g/mol. The second-order valence-electron chi connectivity index (χ2n) is 4.30. The third kappa shape index (κ3) is 2.00. The molecular formula is C13H18O2. The molecule has 0 saturated carbocycles. The fraction of sp³-hybridized carbons (Fsp3) is 0.538. The lowest BCUT2D eigenvalue weighted by molar-refractivity contribution is 0.153. The molecule has 0 radical (unpaired) electrons. The van der Waals surface area contributed by atoms with Gasteiger partial charge < -0.3 is 9.84 Å². The molecule has 1 aliphatic rings. The molecule has 0 heterocycles. The number of fused-ring (bicyclic) bond motifs is 1. The molecule has 2 nitrogen and oxygen atoms in total. The van der Waals surface area contributed by atoms with Crippen molar-refractivity contribution in [3.63, 3.8) is 0 Å². The number of aliphatic hydroxyl groups excluding tert-OH is 1. The van der Waals surface area contributed by atoms with Gasteiger partial charge in [0, 0.05) is 5.92 Å². The highest BCUT2D eigenvalue weighted by molar-refractivity contribution is 5.39. The van der Waals surface area contributed by atoms with Gasteiger partial charge in [-0.2, -0.15) is 0 Å². The van der Waals surface area contributed by atoms with Crippen LogP contribution in [0.5, 0.6) is 5.75 Å². The Morgan fingerprint density at radius 1 is 1.47 bits per heavy atom. The first-order valence-corrected chi connectivity index (χ1v) is 5.57. The van der Waals surface area contributed by atoms with E-state index in [-0.39, 0.29) is 12.0 Å². The Kier molecular flexibility index (Phi) is 2.96. The summed E-state index contributed by atoms with van der Waals surface area (Å²) in [7, 11) is 1.68. The molecule has 0 aliphatic heterocycles. The van der Waals surface area contributed by atoms with Crippen LogP contribution < -0.4 is 4.74 Å². The molecule has 0 saturated heterocycles. The van der Waals surface area contributed by atoms with Crippen LogP contribution in [0.2, 0.25) is 0 Å². The van der Waals surface area contributed by atoms with Crippen LogP contribution in [0.3, 0.4) is 0 Å². The second-order valence-corrected chi connectivity index (χ2v) is 4.30. The van der Waals surface area contributed by atoms with Gasteiger partial charge in [0.25, 0.3) is 0 Å². The minimum Gasteiger partial charge on any atom is -0.497 e. The summed E-state index contributed by atoms with van der Waals surface area (Å²) in [5, 5.41) is 9.75. The normalized spacial score (nSPS) is 21.9. The van der Waals surface area contributed by atoms with Crippen LogP contribution in [0.25, 0.3) is 0 Å². The maximum atomic E-state index is 9.75. The predicted molar refractivity (Wildman–Crippen MR) is 60.4 cm³/mol. The Morgan fingerprint density at radius 3 is 2.93 bits per heavy atom. The summed E-state index contributed by atoms with van der Waals surface area (Å²) in [6.07, 6.45) is 3.12. The third-order valence-electron chi connectivity index (χ3n) is 3.30. The van der Waals surface area contributed by atoms with E-state index in [0.717, 1.165) is 18.6 Å². The molecule has 1 aromatic carbocycles. The Balaban J connectivity index is 2.39. The van der Waals surface area contributed by atoms with Crippen molar-refractivity contribution >= 4 is 0 Å². The molecule has 0 spiro atoms. The molecule has 1 aliphatic carbocycles. The monoisotopic (exact) mass is 206 g/mol. The van der Waals surface area contributed by atoms with E-state index in [1.807, 2.05) is 13.0 Å². The summed E-state index contributed by atoms with van der Waals surface area (Å²) in [6, 6.07) is 6.21. The van der Waals surface area contributed by atoms with E-state index in [9.17, 15) is 5.11 Å². The summed E-state index contributed by atoms with van der Waals surface area (Å²) in [5.41, 5.74) is 2.64. The second kappa shape index (κ2) is 4.23. The number of hydrogen-bond acceptors (Lipinski definition) is 2. The number of aliphatic hydroxyl groups is 1. The molecule has 0 bridgehead atoms. The van der Waals surface area contributed by atoms with Gasteiger partial charge in [0.05, 0.1) is 13.2 Å². The molecule has 2 atom stereocenters. The molecule has 0 fully saturated rings. The van der Waals surface area contributed by atoms with Crippen molar-refractivity contribution in [3.8, 4) is 5.75 Å². The molecule has 2 rings (SSSR count). The van der Waals surface area contributed by atoms with Crippen LogP contribution in [0, 0.1) is 0 Å². The van der Waals surface area contributed by atoms with Crippen LogP contribution in [-0.2, 0) is 6.42 Å². The average Bonchev–Trinajstić information content (AvgIpc) is 2.27. The minimum atomic E-state index is -0.267. The highest BCUT2D eigenvalue weighted by atomic mass is 16.5. The largest absolute Gasteiger partial charge is 0.497 e. The molecule has 2 heteroatoms. The smallest absolute Gasteiger partial charge is 0.119 e. The van der Waals surface area contributed by atoms with Crippen LogP contribution in [0.1, 0.15) is 36.8 Å². The molecule has 2 unspecified atom stereocenters. The first kappa shape index (κ1) is 10.5. The van der Waals surface area contributed by atoms with Crippen LogP contribution in [0.4, 0.5) is 0 Å². The van der Waals surface area contributed by atoms with Crippen LogP contribution in [-0.4, -0.2) is 18.3 Å². The Bertz CT molecular complexity index is 344. The third-order valence-corrected chi connectivity index (χ3v) is 3.30. The van der Waals surface area contributed by atoms with Gasteiger partial charge in [-0.25, -0.2) is 0 Å². The Labute approximate surface area is 90.9 Å². The van der Waals surface area contributed by atoms with Gasteiger partial charge in [-0.3, -0.25) is 0 Å². The van der Waals surface area contributed by atoms with E-state index in [0.29, 0.717) is 0 Å². The summed E-state index contributed by atoms with van der Waals surface area (Å²) in [4.78, 5) is 0. The predicted octanol–water partition coefficient (Wildman–Crippen LogP) is 2.50. The highest BCUT2D eigenvalue weighted by Gasteiger charge is 2.24. The molecule has 82 valence electrons. The maximum Gasteiger partial charge on any atom is 0.119 e. The zero-order chi connectivity index (χ0) is 10.8.